The van der Waals surface area contributed by atoms with E-state index in [9.17, 15) is 9.59 Å². The summed E-state index contributed by atoms with van der Waals surface area (Å²) in [5.74, 6) is -0.0517. The fraction of sp³-hybridized carbons (Fsp3) is 0.529. The average Bonchev–Trinajstić information content (AvgIpc) is 2.38. The Bertz CT molecular complexity index is 538. The predicted molar refractivity (Wildman–Crippen MR) is 92.4 cm³/mol. The summed E-state index contributed by atoms with van der Waals surface area (Å²) < 4.78 is 0. The van der Waals surface area contributed by atoms with Crippen LogP contribution in [-0.4, -0.2) is 49.4 Å². The van der Waals surface area contributed by atoms with Crippen molar-refractivity contribution < 1.29 is 14.5 Å². The number of halogens is 1. The lowest BCUT2D eigenvalue weighted by molar-refractivity contribution is -0.863. The van der Waals surface area contributed by atoms with Gasteiger partial charge in [-0.3, -0.25) is 9.59 Å². The van der Waals surface area contributed by atoms with Gasteiger partial charge >= 0.3 is 0 Å². The lowest BCUT2D eigenvalue weighted by Gasteiger charge is -2.23. The number of rotatable bonds is 6. The van der Waals surface area contributed by atoms with Crippen LogP contribution in [-0.2, 0) is 16.1 Å². The normalized spacial score (nSPS) is 12.6. The van der Waals surface area contributed by atoms with Crippen molar-refractivity contribution in [2.24, 2.45) is 0 Å². The third-order valence-corrected chi connectivity index (χ3v) is 3.44. The van der Waals surface area contributed by atoms with Gasteiger partial charge in [-0.15, -0.1) is 0 Å². The Morgan fingerprint density at radius 1 is 1.17 bits per heavy atom. The number of hydrogen-bond donors (Lipinski definition) is 2. The molecule has 5 nitrogen and oxygen atoms in total. The number of likely N-dealkylation sites (N-methyl/N-ethyl adjacent to an activating group) is 2. The predicted octanol–water partition coefficient (Wildman–Crippen LogP) is 0.728. The summed E-state index contributed by atoms with van der Waals surface area (Å²) in [6.07, 6.45) is 0. The molecule has 1 aromatic carbocycles. The van der Waals surface area contributed by atoms with Gasteiger partial charge in [0.1, 0.15) is 0 Å². The summed E-state index contributed by atoms with van der Waals surface area (Å²) in [7, 11) is 3.61. The van der Waals surface area contributed by atoms with Crippen molar-refractivity contribution in [3.8, 4) is 0 Å². The molecule has 1 rings (SSSR count). The van der Waals surface area contributed by atoms with Crippen molar-refractivity contribution in [1.29, 1.82) is 0 Å². The molecule has 0 radical (unpaired) electrons. The van der Waals surface area contributed by atoms with E-state index in [1.54, 1.807) is 11.9 Å². The Morgan fingerprint density at radius 2 is 1.74 bits per heavy atom. The van der Waals surface area contributed by atoms with Crippen molar-refractivity contribution >= 4 is 23.4 Å². The lowest BCUT2D eigenvalue weighted by atomic mass is 10.1. The average molecular weight is 341 g/mol. The summed E-state index contributed by atoms with van der Waals surface area (Å²) in [5.41, 5.74) is 0.764. The number of nitrogens with one attached hydrogen (secondary N) is 2. The van der Waals surface area contributed by atoms with Gasteiger partial charge in [-0.05, 0) is 38.5 Å². The van der Waals surface area contributed by atoms with E-state index in [2.05, 4.69) is 5.32 Å². The largest absolute Gasteiger partial charge is 0.347 e. The van der Waals surface area contributed by atoms with Crippen molar-refractivity contribution in [1.82, 2.24) is 10.2 Å². The molecule has 1 unspecified atom stereocenters. The Labute approximate surface area is 143 Å². The summed E-state index contributed by atoms with van der Waals surface area (Å²) in [5, 5.41) is 3.58. The van der Waals surface area contributed by atoms with Gasteiger partial charge in [-0.2, -0.15) is 0 Å². The SMILES string of the molecule is CN(Cc1ccc(Cl)cc1)C(=O)C[NH+](C)CC(=O)NC(C)(C)C. The molecule has 2 N–H and O–H groups in total. The number of benzene rings is 1. The summed E-state index contributed by atoms with van der Waals surface area (Å²) in [6.45, 7) is 6.89. The summed E-state index contributed by atoms with van der Waals surface area (Å²) >= 11 is 5.85. The number of quaternary nitrogens is 1. The van der Waals surface area contributed by atoms with Crippen LogP contribution in [0.2, 0.25) is 5.02 Å². The molecule has 0 saturated heterocycles. The number of amides is 2. The molecule has 0 spiro atoms. The third kappa shape index (κ3) is 8.00. The van der Waals surface area contributed by atoms with E-state index in [1.807, 2.05) is 52.1 Å². The topological polar surface area (TPSA) is 53.9 Å². The first-order valence-corrected chi connectivity index (χ1v) is 8.05. The fourth-order valence-electron chi connectivity index (χ4n) is 2.14. The van der Waals surface area contributed by atoms with E-state index in [0.717, 1.165) is 10.5 Å². The van der Waals surface area contributed by atoms with Gasteiger partial charge in [0.15, 0.2) is 13.1 Å². The highest BCUT2D eigenvalue weighted by Crippen LogP contribution is 2.10. The zero-order chi connectivity index (χ0) is 17.6. The van der Waals surface area contributed by atoms with E-state index < -0.39 is 0 Å². The molecule has 2 amide bonds. The van der Waals surface area contributed by atoms with E-state index in [4.69, 9.17) is 11.6 Å². The van der Waals surface area contributed by atoms with Gasteiger partial charge in [0.05, 0.1) is 7.05 Å². The minimum atomic E-state index is -0.257. The molecule has 128 valence electrons. The van der Waals surface area contributed by atoms with Crippen LogP contribution in [0.25, 0.3) is 0 Å². The van der Waals surface area contributed by atoms with E-state index >= 15 is 0 Å². The molecule has 0 fully saturated rings. The second-order valence-electron chi connectivity index (χ2n) is 6.99. The van der Waals surface area contributed by atoms with Crippen LogP contribution in [0.15, 0.2) is 24.3 Å². The van der Waals surface area contributed by atoms with E-state index in [-0.39, 0.29) is 30.4 Å². The highest BCUT2D eigenvalue weighted by atomic mass is 35.5. The van der Waals surface area contributed by atoms with Gasteiger partial charge in [-0.1, -0.05) is 23.7 Å². The minimum absolute atomic E-state index is 0.000934. The third-order valence-electron chi connectivity index (χ3n) is 3.19. The molecule has 0 bridgehead atoms. The monoisotopic (exact) mass is 340 g/mol. The Kier molecular flexibility index (Phi) is 7.03. The summed E-state index contributed by atoms with van der Waals surface area (Å²) in [6, 6.07) is 7.42. The van der Waals surface area contributed by atoms with Gasteiger partial charge in [0.2, 0.25) is 0 Å². The highest BCUT2D eigenvalue weighted by Gasteiger charge is 2.20. The molecular formula is C17H27ClN3O2+. The molecule has 0 aliphatic heterocycles. The standard InChI is InChI=1S/C17H26ClN3O2/c1-17(2,3)19-15(22)11-20(4)12-16(23)21(5)10-13-6-8-14(18)9-7-13/h6-9H,10-12H2,1-5H3,(H,19,22)/p+1. The Morgan fingerprint density at radius 3 is 2.26 bits per heavy atom. The maximum atomic E-state index is 12.2. The van der Waals surface area contributed by atoms with Crippen LogP contribution in [0.1, 0.15) is 26.3 Å². The summed E-state index contributed by atoms with van der Waals surface area (Å²) in [4.78, 5) is 26.6. The quantitative estimate of drug-likeness (QED) is 0.802. The van der Waals surface area contributed by atoms with Crippen molar-refractivity contribution in [3.63, 3.8) is 0 Å². The number of nitrogens with zero attached hydrogens (tertiary/aromatic N) is 1. The fourth-order valence-corrected chi connectivity index (χ4v) is 2.27. The maximum Gasteiger partial charge on any atom is 0.277 e. The van der Waals surface area contributed by atoms with Gasteiger partial charge in [-0.25, -0.2) is 0 Å². The second-order valence-corrected chi connectivity index (χ2v) is 7.42. The zero-order valence-corrected chi connectivity index (χ0v) is 15.3. The molecule has 0 aromatic heterocycles. The van der Waals surface area contributed by atoms with Crippen molar-refractivity contribution in [2.45, 2.75) is 32.9 Å². The first-order valence-electron chi connectivity index (χ1n) is 7.67. The molecule has 0 aliphatic rings. The Hall–Kier alpha value is -1.59. The molecular weight excluding hydrogens is 314 g/mol. The number of carbonyl (C=O) groups excluding carboxylic acids is 2. The maximum absolute atomic E-state index is 12.2. The molecule has 6 heteroatoms. The number of carbonyl (C=O) groups is 2. The lowest BCUT2D eigenvalue weighted by Crippen LogP contribution is -3.11. The second kappa shape index (κ2) is 8.31. The van der Waals surface area contributed by atoms with Crippen LogP contribution < -0.4 is 10.2 Å². The highest BCUT2D eigenvalue weighted by molar-refractivity contribution is 6.30. The van der Waals surface area contributed by atoms with Crippen LogP contribution in [0.4, 0.5) is 0 Å². The molecule has 0 saturated carbocycles. The molecule has 0 aliphatic carbocycles. The van der Waals surface area contributed by atoms with Crippen molar-refractivity contribution in [3.05, 3.63) is 34.9 Å². The zero-order valence-electron chi connectivity index (χ0n) is 14.6. The minimum Gasteiger partial charge on any atom is -0.347 e. The molecule has 23 heavy (non-hydrogen) atoms. The van der Waals surface area contributed by atoms with E-state index in [0.29, 0.717) is 11.6 Å². The first-order chi connectivity index (χ1) is 10.6. The van der Waals surface area contributed by atoms with Gasteiger partial charge in [0, 0.05) is 24.2 Å². The number of hydrogen-bond acceptors (Lipinski definition) is 2. The molecule has 1 aromatic rings. The smallest absolute Gasteiger partial charge is 0.277 e. The van der Waals surface area contributed by atoms with Crippen molar-refractivity contribution in [2.75, 3.05) is 27.2 Å². The van der Waals surface area contributed by atoms with Gasteiger partial charge < -0.3 is 15.1 Å². The first kappa shape index (κ1) is 19.5. The van der Waals surface area contributed by atoms with Crippen LogP contribution in [0.3, 0.4) is 0 Å². The molecule has 0 heterocycles. The van der Waals surface area contributed by atoms with Crippen LogP contribution in [0.5, 0.6) is 0 Å². The Balaban J connectivity index is 2.44. The molecule has 1 atom stereocenters. The van der Waals surface area contributed by atoms with Crippen LogP contribution >= 0.6 is 11.6 Å². The van der Waals surface area contributed by atoms with Crippen LogP contribution in [0, 0.1) is 0 Å². The van der Waals surface area contributed by atoms with E-state index in [1.165, 1.54) is 0 Å². The van der Waals surface area contributed by atoms with Gasteiger partial charge in [0.25, 0.3) is 11.8 Å².